The van der Waals surface area contributed by atoms with Crippen LogP contribution in [0.3, 0.4) is 0 Å². The molecule has 0 aliphatic heterocycles. The van der Waals surface area contributed by atoms with Crippen LogP contribution in [0, 0.1) is 0 Å². The van der Waals surface area contributed by atoms with Gasteiger partial charge in [-0.25, -0.2) is 0 Å². The molecular weight excluding hydrogens is 240 g/mol. The Kier molecular flexibility index (Phi) is 3.07. The molecule has 1 aliphatic rings. The number of Topliss-reactive ketones (excluding diaryl/α,β-unsaturated/α-hetero) is 1. The van der Waals surface area contributed by atoms with E-state index in [1.165, 1.54) is 0 Å². The number of aryl methyl sites for hydroxylation is 2. The predicted molar refractivity (Wildman–Crippen MR) is 71.3 cm³/mol. The molecule has 0 saturated heterocycles. The Balaban J connectivity index is 1.73. The fourth-order valence-corrected chi connectivity index (χ4v) is 2.41. The van der Waals surface area contributed by atoms with Crippen LogP contribution in [-0.2, 0) is 20.1 Å². The topological polar surface area (TPSA) is 44.1 Å². The van der Waals surface area contributed by atoms with Crippen molar-refractivity contribution in [3.05, 3.63) is 47.3 Å². The number of rotatable bonds is 3. The third-order valence-electron chi connectivity index (χ3n) is 3.38. The van der Waals surface area contributed by atoms with Crippen molar-refractivity contribution in [2.24, 2.45) is 7.05 Å². The largest absolute Gasteiger partial charge is 0.487 e. The number of hydrogen-bond donors (Lipinski definition) is 0. The maximum Gasteiger partial charge on any atom is 0.163 e. The van der Waals surface area contributed by atoms with Gasteiger partial charge in [0.15, 0.2) is 5.78 Å². The summed E-state index contributed by atoms with van der Waals surface area (Å²) < 4.78 is 7.47. The van der Waals surface area contributed by atoms with Gasteiger partial charge >= 0.3 is 0 Å². The lowest BCUT2D eigenvalue weighted by atomic mass is 9.90. The second-order valence-corrected chi connectivity index (χ2v) is 4.87. The standard InChI is InChI=1S/C15H16N2O2/c1-17-8-7-12(16-17)10-19-13-5-6-14-11(9-13)3-2-4-15(14)18/h5-9H,2-4,10H2,1H3. The average molecular weight is 256 g/mol. The first-order chi connectivity index (χ1) is 9.22. The molecule has 0 fully saturated rings. The number of hydrogen-bond acceptors (Lipinski definition) is 3. The molecule has 98 valence electrons. The van der Waals surface area contributed by atoms with Gasteiger partial charge in [0.1, 0.15) is 12.4 Å². The minimum Gasteiger partial charge on any atom is -0.487 e. The highest BCUT2D eigenvalue weighted by atomic mass is 16.5. The van der Waals surface area contributed by atoms with Gasteiger partial charge in [-0.15, -0.1) is 0 Å². The van der Waals surface area contributed by atoms with E-state index in [0.29, 0.717) is 13.0 Å². The van der Waals surface area contributed by atoms with Crippen LogP contribution in [0.25, 0.3) is 0 Å². The Labute approximate surface area is 112 Å². The molecule has 0 spiro atoms. The van der Waals surface area contributed by atoms with Crippen molar-refractivity contribution in [1.82, 2.24) is 9.78 Å². The molecule has 1 heterocycles. The molecule has 2 aromatic rings. The third kappa shape index (κ3) is 2.52. The van der Waals surface area contributed by atoms with Crippen molar-refractivity contribution < 1.29 is 9.53 Å². The summed E-state index contributed by atoms with van der Waals surface area (Å²) in [6.45, 7) is 0.452. The fourth-order valence-electron chi connectivity index (χ4n) is 2.41. The summed E-state index contributed by atoms with van der Waals surface area (Å²) >= 11 is 0. The molecule has 1 aromatic carbocycles. The zero-order valence-corrected chi connectivity index (χ0v) is 10.9. The number of fused-ring (bicyclic) bond motifs is 1. The van der Waals surface area contributed by atoms with Crippen molar-refractivity contribution >= 4 is 5.78 Å². The lowest BCUT2D eigenvalue weighted by molar-refractivity contribution is 0.0972. The Hall–Kier alpha value is -2.10. The van der Waals surface area contributed by atoms with Gasteiger partial charge in [0.05, 0.1) is 5.69 Å². The van der Waals surface area contributed by atoms with Crippen LogP contribution in [0.5, 0.6) is 5.75 Å². The monoisotopic (exact) mass is 256 g/mol. The molecule has 0 bridgehead atoms. The van der Waals surface area contributed by atoms with Crippen LogP contribution in [0.2, 0.25) is 0 Å². The summed E-state index contributed by atoms with van der Waals surface area (Å²) in [5.41, 5.74) is 2.86. The first kappa shape index (κ1) is 12.0. The Bertz CT molecular complexity index is 616. The Morgan fingerprint density at radius 1 is 1.32 bits per heavy atom. The highest BCUT2D eigenvalue weighted by Crippen LogP contribution is 2.25. The van der Waals surface area contributed by atoms with Crippen molar-refractivity contribution in [1.29, 1.82) is 0 Å². The van der Waals surface area contributed by atoms with Crippen molar-refractivity contribution in [2.45, 2.75) is 25.9 Å². The molecule has 0 N–H and O–H groups in total. The first-order valence-electron chi connectivity index (χ1n) is 6.50. The number of carbonyl (C=O) groups is 1. The molecule has 4 heteroatoms. The molecule has 1 aliphatic carbocycles. The summed E-state index contributed by atoms with van der Waals surface area (Å²) in [4.78, 5) is 11.7. The van der Waals surface area contributed by atoms with Gasteiger partial charge in [0, 0.05) is 25.2 Å². The van der Waals surface area contributed by atoms with E-state index in [0.717, 1.165) is 35.4 Å². The van der Waals surface area contributed by atoms with Gasteiger partial charge in [-0.05, 0) is 42.7 Å². The smallest absolute Gasteiger partial charge is 0.163 e. The summed E-state index contributed by atoms with van der Waals surface area (Å²) in [5.74, 6) is 1.05. The zero-order chi connectivity index (χ0) is 13.2. The first-order valence-corrected chi connectivity index (χ1v) is 6.50. The number of carbonyl (C=O) groups excluding carboxylic acids is 1. The minimum absolute atomic E-state index is 0.248. The summed E-state index contributed by atoms with van der Waals surface area (Å²) in [6.07, 6.45) is 4.46. The molecule has 3 rings (SSSR count). The van der Waals surface area contributed by atoms with E-state index in [1.807, 2.05) is 37.5 Å². The van der Waals surface area contributed by atoms with Gasteiger partial charge in [0.25, 0.3) is 0 Å². The maximum atomic E-state index is 11.7. The molecule has 0 saturated carbocycles. The summed E-state index contributed by atoms with van der Waals surface area (Å²) in [7, 11) is 1.88. The van der Waals surface area contributed by atoms with Crippen molar-refractivity contribution in [3.63, 3.8) is 0 Å². The number of ketones is 1. The van der Waals surface area contributed by atoms with Crippen LogP contribution >= 0.6 is 0 Å². The van der Waals surface area contributed by atoms with Gasteiger partial charge in [-0.3, -0.25) is 9.48 Å². The quantitative estimate of drug-likeness (QED) is 0.847. The lowest BCUT2D eigenvalue weighted by Gasteiger charge is -2.15. The summed E-state index contributed by atoms with van der Waals surface area (Å²) in [6, 6.07) is 7.66. The van der Waals surface area contributed by atoms with E-state index in [-0.39, 0.29) is 5.78 Å². The van der Waals surface area contributed by atoms with E-state index >= 15 is 0 Å². The van der Waals surface area contributed by atoms with Gasteiger partial charge < -0.3 is 4.74 Å². The number of ether oxygens (including phenoxy) is 1. The Morgan fingerprint density at radius 3 is 3.00 bits per heavy atom. The van der Waals surface area contributed by atoms with E-state index < -0.39 is 0 Å². The molecule has 0 unspecified atom stereocenters. The molecule has 0 radical (unpaired) electrons. The SMILES string of the molecule is Cn1ccc(COc2ccc3c(c2)CCCC3=O)n1. The predicted octanol–water partition coefficient (Wildman–Crippen LogP) is 2.52. The van der Waals surface area contributed by atoms with Crippen molar-refractivity contribution in [2.75, 3.05) is 0 Å². The molecule has 1 aromatic heterocycles. The average Bonchev–Trinajstić information content (AvgIpc) is 2.82. The van der Waals surface area contributed by atoms with Gasteiger partial charge in [-0.2, -0.15) is 5.10 Å². The second kappa shape index (κ2) is 4.88. The van der Waals surface area contributed by atoms with E-state index in [2.05, 4.69) is 5.10 Å². The van der Waals surface area contributed by atoms with E-state index in [9.17, 15) is 4.79 Å². The summed E-state index contributed by atoms with van der Waals surface area (Å²) in [5, 5.41) is 4.26. The second-order valence-electron chi connectivity index (χ2n) is 4.87. The minimum atomic E-state index is 0.248. The zero-order valence-electron chi connectivity index (χ0n) is 10.9. The number of nitrogens with zero attached hydrogens (tertiary/aromatic N) is 2. The van der Waals surface area contributed by atoms with E-state index in [4.69, 9.17) is 4.74 Å². The van der Waals surface area contributed by atoms with E-state index in [1.54, 1.807) is 4.68 Å². The molecule has 0 amide bonds. The third-order valence-corrected chi connectivity index (χ3v) is 3.38. The molecular formula is C15H16N2O2. The van der Waals surface area contributed by atoms with Crippen LogP contribution in [-0.4, -0.2) is 15.6 Å². The van der Waals surface area contributed by atoms with Crippen molar-refractivity contribution in [3.8, 4) is 5.75 Å². The Morgan fingerprint density at radius 2 is 2.21 bits per heavy atom. The molecule has 19 heavy (non-hydrogen) atoms. The van der Waals surface area contributed by atoms with Crippen LogP contribution in [0.4, 0.5) is 0 Å². The number of benzene rings is 1. The fraction of sp³-hybridized carbons (Fsp3) is 0.333. The van der Waals surface area contributed by atoms with Crippen LogP contribution in [0.1, 0.15) is 34.5 Å². The highest BCUT2D eigenvalue weighted by molar-refractivity contribution is 5.98. The normalized spacial score (nSPS) is 14.3. The molecule has 0 atom stereocenters. The maximum absolute atomic E-state index is 11.7. The van der Waals surface area contributed by atoms with Crippen LogP contribution in [0.15, 0.2) is 30.5 Å². The van der Waals surface area contributed by atoms with Crippen LogP contribution < -0.4 is 4.74 Å². The molecule has 4 nitrogen and oxygen atoms in total. The van der Waals surface area contributed by atoms with Gasteiger partial charge in [-0.1, -0.05) is 0 Å². The van der Waals surface area contributed by atoms with Gasteiger partial charge in [0.2, 0.25) is 0 Å². The lowest BCUT2D eigenvalue weighted by Crippen LogP contribution is -2.10. The highest BCUT2D eigenvalue weighted by Gasteiger charge is 2.17. The number of aromatic nitrogens is 2.